The van der Waals surface area contributed by atoms with Crippen LogP contribution in [0.4, 0.5) is 0 Å². The van der Waals surface area contributed by atoms with E-state index in [2.05, 4.69) is 0 Å². The second kappa shape index (κ2) is 4.81. The van der Waals surface area contributed by atoms with Crippen molar-refractivity contribution < 1.29 is 9.90 Å². The number of hydrogen-bond donors (Lipinski definition) is 1. The minimum Gasteiger partial charge on any atom is -0.388 e. The van der Waals surface area contributed by atoms with Crippen LogP contribution in [0.1, 0.15) is 16.1 Å². The summed E-state index contributed by atoms with van der Waals surface area (Å²) in [4.78, 5) is 12.0. The Bertz CT molecular complexity index is 305. The molecule has 0 unspecified atom stereocenters. The number of Topliss-reactive ketones (excluding diaryl/α,β-unsaturated/α-hetero) is 1. The predicted octanol–water partition coefficient (Wildman–Crippen LogP) is 3.05. The van der Waals surface area contributed by atoms with Crippen LogP contribution in [-0.2, 0) is 0 Å². The van der Waals surface area contributed by atoms with Crippen LogP contribution < -0.4 is 0 Å². The second-order valence-corrected chi connectivity index (χ2v) is 5.98. The topological polar surface area (TPSA) is 37.3 Å². The van der Waals surface area contributed by atoms with Crippen LogP contribution in [0.2, 0.25) is 0 Å². The van der Waals surface area contributed by atoms with E-state index in [9.17, 15) is 9.90 Å². The zero-order chi connectivity index (χ0) is 10.8. The number of rotatable bonds is 3. The summed E-state index contributed by atoms with van der Waals surface area (Å²) in [7, 11) is 0. The Morgan fingerprint density at radius 1 is 1.57 bits per heavy atom. The van der Waals surface area contributed by atoms with Crippen LogP contribution in [0, 0.1) is 0 Å². The van der Waals surface area contributed by atoms with E-state index in [1.165, 1.54) is 11.3 Å². The van der Waals surface area contributed by atoms with Crippen molar-refractivity contribution in [2.45, 2.75) is 16.3 Å². The van der Waals surface area contributed by atoms with Crippen LogP contribution in [-0.4, -0.2) is 20.8 Å². The number of thiophene rings is 1. The molecular formula is C8H7Cl3O2S. The Hall–Kier alpha value is 0.200. The molecule has 1 aromatic rings. The molecule has 1 N–H and O–H groups in total. The van der Waals surface area contributed by atoms with Crippen molar-refractivity contribution in [3.63, 3.8) is 0 Å². The Morgan fingerprint density at radius 2 is 2.21 bits per heavy atom. The standard InChI is InChI=1S/C8H7Cl3O2S/c9-8(10,11)7(13)4-5(12)6-2-1-3-14-6/h1-3,7,13H,4H2/t7-/m1/s1. The second-order valence-electron chi connectivity index (χ2n) is 2.66. The van der Waals surface area contributed by atoms with Gasteiger partial charge in [-0.3, -0.25) is 4.79 Å². The smallest absolute Gasteiger partial charge is 0.216 e. The molecule has 1 atom stereocenters. The van der Waals surface area contributed by atoms with Crippen LogP contribution in [0.15, 0.2) is 17.5 Å². The summed E-state index contributed by atoms with van der Waals surface area (Å²) < 4.78 is -1.81. The summed E-state index contributed by atoms with van der Waals surface area (Å²) in [6, 6.07) is 3.41. The molecule has 14 heavy (non-hydrogen) atoms. The average Bonchev–Trinajstić information content (AvgIpc) is 2.53. The van der Waals surface area contributed by atoms with Gasteiger partial charge in [-0.1, -0.05) is 40.9 Å². The third-order valence-electron chi connectivity index (χ3n) is 1.55. The fourth-order valence-electron chi connectivity index (χ4n) is 0.829. The van der Waals surface area contributed by atoms with Gasteiger partial charge in [-0.25, -0.2) is 0 Å². The molecule has 0 radical (unpaired) electrons. The van der Waals surface area contributed by atoms with Gasteiger partial charge in [-0.05, 0) is 11.4 Å². The van der Waals surface area contributed by atoms with Crippen LogP contribution in [0.3, 0.4) is 0 Å². The largest absolute Gasteiger partial charge is 0.388 e. The molecule has 0 aliphatic carbocycles. The average molecular weight is 274 g/mol. The van der Waals surface area contributed by atoms with E-state index in [0.29, 0.717) is 4.88 Å². The Morgan fingerprint density at radius 3 is 2.64 bits per heavy atom. The van der Waals surface area contributed by atoms with Gasteiger partial charge in [0.25, 0.3) is 0 Å². The lowest BCUT2D eigenvalue weighted by Gasteiger charge is -2.17. The first-order chi connectivity index (χ1) is 6.41. The minimum absolute atomic E-state index is 0.184. The van der Waals surface area contributed by atoms with E-state index >= 15 is 0 Å². The number of alkyl halides is 3. The lowest BCUT2D eigenvalue weighted by atomic mass is 10.2. The van der Waals surface area contributed by atoms with Crippen molar-refractivity contribution in [2.24, 2.45) is 0 Å². The number of halogens is 3. The van der Waals surface area contributed by atoms with Gasteiger partial charge in [0.05, 0.1) is 4.88 Å². The summed E-state index contributed by atoms with van der Waals surface area (Å²) in [6.45, 7) is 0. The van der Waals surface area contributed by atoms with Gasteiger partial charge < -0.3 is 5.11 Å². The van der Waals surface area contributed by atoms with Gasteiger partial charge >= 0.3 is 0 Å². The van der Waals surface area contributed by atoms with Gasteiger partial charge in [0, 0.05) is 6.42 Å². The zero-order valence-corrected chi connectivity index (χ0v) is 10.00. The van der Waals surface area contributed by atoms with Gasteiger partial charge in [0.15, 0.2) is 5.78 Å². The highest BCUT2D eigenvalue weighted by molar-refractivity contribution is 7.12. The molecule has 6 heteroatoms. The van der Waals surface area contributed by atoms with Crippen LogP contribution in [0.25, 0.3) is 0 Å². The minimum atomic E-state index is -1.81. The van der Waals surface area contributed by atoms with E-state index < -0.39 is 9.90 Å². The first-order valence-electron chi connectivity index (χ1n) is 3.72. The number of ketones is 1. The molecule has 1 rings (SSSR count). The Labute approximate surface area is 100 Å². The number of carbonyl (C=O) groups excluding carboxylic acids is 1. The zero-order valence-electron chi connectivity index (χ0n) is 6.91. The highest BCUT2D eigenvalue weighted by Gasteiger charge is 2.32. The number of aliphatic hydroxyl groups excluding tert-OH is 1. The first kappa shape index (κ1) is 12.3. The summed E-state index contributed by atoms with van der Waals surface area (Å²) in [5.41, 5.74) is 0. The van der Waals surface area contributed by atoms with E-state index in [1.54, 1.807) is 17.5 Å². The summed E-state index contributed by atoms with van der Waals surface area (Å²) >= 11 is 17.6. The first-order valence-corrected chi connectivity index (χ1v) is 5.74. The maximum Gasteiger partial charge on any atom is 0.216 e. The molecule has 0 aromatic carbocycles. The number of carbonyl (C=O) groups is 1. The molecule has 0 aliphatic rings. The predicted molar refractivity (Wildman–Crippen MR) is 59.6 cm³/mol. The fourth-order valence-corrected chi connectivity index (χ4v) is 1.74. The monoisotopic (exact) mass is 272 g/mol. The molecule has 0 aliphatic heterocycles. The Kier molecular flexibility index (Phi) is 4.22. The van der Waals surface area contributed by atoms with Crippen LogP contribution in [0.5, 0.6) is 0 Å². The van der Waals surface area contributed by atoms with Crippen LogP contribution >= 0.6 is 46.1 Å². The van der Waals surface area contributed by atoms with Crippen molar-refractivity contribution in [1.82, 2.24) is 0 Å². The number of hydrogen-bond acceptors (Lipinski definition) is 3. The normalized spacial score (nSPS) is 14.0. The molecule has 0 spiro atoms. The van der Waals surface area contributed by atoms with Crippen molar-refractivity contribution >= 4 is 51.9 Å². The quantitative estimate of drug-likeness (QED) is 0.679. The number of aliphatic hydroxyl groups is 1. The lowest BCUT2D eigenvalue weighted by Crippen LogP contribution is -2.27. The molecule has 0 saturated heterocycles. The molecule has 0 saturated carbocycles. The van der Waals surface area contributed by atoms with Crippen molar-refractivity contribution in [3.8, 4) is 0 Å². The van der Waals surface area contributed by atoms with Gasteiger partial charge in [0.2, 0.25) is 3.79 Å². The van der Waals surface area contributed by atoms with Crippen molar-refractivity contribution in [1.29, 1.82) is 0 Å². The molecule has 1 aromatic heterocycles. The molecule has 78 valence electrons. The molecule has 0 amide bonds. The maximum absolute atomic E-state index is 11.4. The van der Waals surface area contributed by atoms with Gasteiger partial charge in [0.1, 0.15) is 6.10 Å². The highest BCUT2D eigenvalue weighted by atomic mass is 35.6. The SMILES string of the molecule is O=C(C[C@@H](O)C(Cl)(Cl)Cl)c1cccs1. The molecule has 0 fully saturated rings. The Balaban J connectivity index is 2.58. The third kappa shape index (κ3) is 3.41. The van der Waals surface area contributed by atoms with E-state index in [0.717, 1.165) is 0 Å². The van der Waals surface area contributed by atoms with E-state index in [4.69, 9.17) is 34.8 Å². The fraction of sp³-hybridized carbons (Fsp3) is 0.375. The summed E-state index contributed by atoms with van der Waals surface area (Å²) in [6.07, 6.45) is -1.46. The van der Waals surface area contributed by atoms with Crippen molar-refractivity contribution in [3.05, 3.63) is 22.4 Å². The molecule has 0 bridgehead atoms. The van der Waals surface area contributed by atoms with Gasteiger partial charge in [-0.15, -0.1) is 11.3 Å². The summed E-state index contributed by atoms with van der Waals surface area (Å²) in [5.74, 6) is -0.223. The van der Waals surface area contributed by atoms with E-state index in [1.807, 2.05) is 0 Å². The summed E-state index contributed by atoms with van der Waals surface area (Å²) in [5, 5.41) is 11.1. The molecular weight excluding hydrogens is 267 g/mol. The van der Waals surface area contributed by atoms with Gasteiger partial charge in [-0.2, -0.15) is 0 Å². The lowest BCUT2D eigenvalue weighted by molar-refractivity contribution is 0.0889. The highest BCUT2D eigenvalue weighted by Crippen LogP contribution is 2.32. The molecule has 1 heterocycles. The van der Waals surface area contributed by atoms with Crippen molar-refractivity contribution in [2.75, 3.05) is 0 Å². The maximum atomic E-state index is 11.4. The third-order valence-corrected chi connectivity index (χ3v) is 3.22. The molecule has 2 nitrogen and oxygen atoms in total. The van der Waals surface area contributed by atoms with E-state index in [-0.39, 0.29) is 12.2 Å².